The van der Waals surface area contributed by atoms with Crippen molar-refractivity contribution in [1.82, 2.24) is 4.57 Å². The number of Topliss-reactive ketones (excluding diaryl/α,β-unsaturated/α-hetero) is 1. The van der Waals surface area contributed by atoms with Gasteiger partial charge in [-0.15, -0.1) is 0 Å². The fourth-order valence-corrected chi connectivity index (χ4v) is 2.01. The van der Waals surface area contributed by atoms with Gasteiger partial charge in [0.2, 0.25) is 0 Å². The summed E-state index contributed by atoms with van der Waals surface area (Å²) in [5.74, 6) is 0.792. The van der Waals surface area contributed by atoms with E-state index in [1.807, 2.05) is 22.9 Å². The van der Waals surface area contributed by atoms with Crippen LogP contribution in [0.25, 0.3) is 10.9 Å². The van der Waals surface area contributed by atoms with Crippen molar-refractivity contribution in [2.75, 3.05) is 14.2 Å². The molecule has 4 heteroatoms. The van der Waals surface area contributed by atoms with Gasteiger partial charge >= 0.3 is 0 Å². The van der Waals surface area contributed by atoms with Crippen LogP contribution in [-0.2, 0) is 11.5 Å². The van der Waals surface area contributed by atoms with Gasteiger partial charge in [-0.1, -0.05) is 0 Å². The standard InChI is InChI=1S/C13H15NO3/c1-9(15)10-4-5-12(17-3)13-11(10)6-7-14(13)8-16-2/h4-7H,8H2,1-3H3. The zero-order valence-corrected chi connectivity index (χ0v) is 10.2. The van der Waals surface area contributed by atoms with E-state index in [9.17, 15) is 4.79 Å². The molecule has 0 saturated heterocycles. The Hall–Kier alpha value is -1.81. The fraction of sp³-hybridized carbons (Fsp3) is 0.308. The first-order valence-electron chi connectivity index (χ1n) is 5.34. The molecule has 0 aliphatic heterocycles. The van der Waals surface area contributed by atoms with Gasteiger partial charge in [-0.05, 0) is 25.1 Å². The molecule has 0 radical (unpaired) electrons. The monoisotopic (exact) mass is 233 g/mol. The highest BCUT2D eigenvalue weighted by atomic mass is 16.5. The van der Waals surface area contributed by atoms with Crippen LogP contribution in [-0.4, -0.2) is 24.6 Å². The lowest BCUT2D eigenvalue weighted by Crippen LogP contribution is -2.01. The lowest BCUT2D eigenvalue weighted by atomic mass is 10.1. The van der Waals surface area contributed by atoms with E-state index in [0.717, 1.165) is 16.7 Å². The molecule has 0 N–H and O–H groups in total. The molecule has 1 heterocycles. The normalized spacial score (nSPS) is 10.8. The van der Waals surface area contributed by atoms with Gasteiger partial charge in [0.1, 0.15) is 12.5 Å². The predicted octanol–water partition coefficient (Wildman–Crippen LogP) is 2.46. The fourth-order valence-electron chi connectivity index (χ4n) is 2.01. The molecule has 90 valence electrons. The average Bonchev–Trinajstić information content (AvgIpc) is 2.72. The zero-order valence-electron chi connectivity index (χ0n) is 10.2. The predicted molar refractivity (Wildman–Crippen MR) is 65.5 cm³/mol. The molecular weight excluding hydrogens is 218 g/mol. The average molecular weight is 233 g/mol. The molecule has 2 aromatic rings. The van der Waals surface area contributed by atoms with Crippen molar-refractivity contribution >= 4 is 16.7 Å². The van der Waals surface area contributed by atoms with Crippen LogP contribution in [0.4, 0.5) is 0 Å². The molecule has 2 rings (SSSR count). The minimum absolute atomic E-state index is 0.0489. The summed E-state index contributed by atoms with van der Waals surface area (Å²) in [7, 11) is 3.25. The van der Waals surface area contributed by atoms with Gasteiger partial charge < -0.3 is 14.0 Å². The summed E-state index contributed by atoms with van der Waals surface area (Å²) in [6, 6.07) is 5.51. The number of rotatable bonds is 4. The third-order valence-electron chi connectivity index (χ3n) is 2.76. The van der Waals surface area contributed by atoms with Crippen molar-refractivity contribution in [2.24, 2.45) is 0 Å². The molecule has 0 aliphatic rings. The Morgan fingerprint density at radius 2 is 2.06 bits per heavy atom. The van der Waals surface area contributed by atoms with E-state index in [4.69, 9.17) is 9.47 Å². The Kier molecular flexibility index (Phi) is 3.15. The molecule has 1 aromatic heterocycles. The minimum Gasteiger partial charge on any atom is -0.495 e. The second kappa shape index (κ2) is 4.59. The number of carbonyl (C=O) groups excluding carboxylic acids is 1. The molecule has 0 spiro atoms. The highest BCUT2D eigenvalue weighted by molar-refractivity contribution is 6.08. The first-order valence-corrected chi connectivity index (χ1v) is 5.34. The summed E-state index contributed by atoms with van der Waals surface area (Å²) in [4.78, 5) is 11.5. The number of aromatic nitrogens is 1. The maximum Gasteiger partial charge on any atom is 0.160 e. The van der Waals surface area contributed by atoms with E-state index < -0.39 is 0 Å². The van der Waals surface area contributed by atoms with E-state index >= 15 is 0 Å². The number of ether oxygens (including phenoxy) is 2. The van der Waals surface area contributed by atoms with Gasteiger partial charge in [0.05, 0.1) is 12.6 Å². The van der Waals surface area contributed by atoms with Gasteiger partial charge in [0.15, 0.2) is 5.78 Å². The van der Waals surface area contributed by atoms with Crippen molar-refractivity contribution in [3.63, 3.8) is 0 Å². The lowest BCUT2D eigenvalue weighted by Gasteiger charge is -2.09. The van der Waals surface area contributed by atoms with Gasteiger partial charge in [-0.2, -0.15) is 0 Å². The Morgan fingerprint density at radius 1 is 1.29 bits per heavy atom. The maximum atomic E-state index is 11.5. The zero-order chi connectivity index (χ0) is 12.4. The number of hydrogen-bond acceptors (Lipinski definition) is 3. The molecular formula is C13H15NO3. The lowest BCUT2D eigenvalue weighted by molar-refractivity contribution is 0.101. The molecule has 4 nitrogen and oxygen atoms in total. The van der Waals surface area contributed by atoms with Crippen LogP contribution >= 0.6 is 0 Å². The van der Waals surface area contributed by atoms with Crippen molar-refractivity contribution in [2.45, 2.75) is 13.7 Å². The second-order valence-electron chi connectivity index (χ2n) is 3.84. The van der Waals surface area contributed by atoms with Crippen LogP contribution in [0.15, 0.2) is 24.4 Å². The molecule has 0 aliphatic carbocycles. The second-order valence-corrected chi connectivity index (χ2v) is 3.84. The van der Waals surface area contributed by atoms with Crippen LogP contribution in [0.1, 0.15) is 17.3 Å². The van der Waals surface area contributed by atoms with Crippen molar-refractivity contribution in [3.8, 4) is 5.75 Å². The Labute approximate surface area is 99.7 Å². The van der Waals surface area contributed by atoms with E-state index in [-0.39, 0.29) is 5.78 Å². The molecule has 17 heavy (non-hydrogen) atoms. The van der Waals surface area contributed by atoms with Crippen LogP contribution in [0.5, 0.6) is 5.75 Å². The Morgan fingerprint density at radius 3 is 2.65 bits per heavy atom. The smallest absolute Gasteiger partial charge is 0.160 e. The summed E-state index contributed by atoms with van der Waals surface area (Å²) < 4.78 is 12.4. The van der Waals surface area contributed by atoms with Gasteiger partial charge in [0, 0.05) is 24.3 Å². The van der Waals surface area contributed by atoms with E-state index in [0.29, 0.717) is 12.3 Å². The number of hydrogen-bond donors (Lipinski definition) is 0. The topological polar surface area (TPSA) is 40.5 Å². The number of ketones is 1. The summed E-state index contributed by atoms with van der Waals surface area (Å²) in [5, 5.41) is 0.897. The van der Waals surface area contributed by atoms with Gasteiger partial charge in [-0.3, -0.25) is 4.79 Å². The molecule has 0 unspecified atom stereocenters. The summed E-state index contributed by atoms with van der Waals surface area (Å²) >= 11 is 0. The van der Waals surface area contributed by atoms with Crippen LogP contribution in [0, 0.1) is 0 Å². The maximum absolute atomic E-state index is 11.5. The van der Waals surface area contributed by atoms with Crippen molar-refractivity contribution in [3.05, 3.63) is 30.0 Å². The molecule has 0 amide bonds. The van der Waals surface area contributed by atoms with E-state index in [2.05, 4.69) is 0 Å². The highest BCUT2D eigenvalue weighted by Crippen LogP contribution is 2.29. The SMILES string of the molecule is COCn1ccc2c(C(C)=O)ccc(OC)c21. The number of carbonyl (C=O) groups is 1. The van der Waals surface area contributed by atoms with Crippen LogP contribution < -0.4 is 4.74 Å². The number of methoxy groups -OCH3 is 2. The Bertz CT molecular complexity index is 557. The van der Waals surface area contributed by atoms with Crippen LogP contribution in [0.2, 0.25) is 0 Å². The molecule has 0 saturated carbocycles. The van der Waals surface area contributed by atoms with Gasteiger partial charge in [-0.25, -0.2) is 0 Å². The summed E-state index contributed by atoms with van der Waals surface area (Å²) in [6.07, 6.45) is 1.89. The third-order valence-corrected chi connectivity index (χ3v) is 2.76. The summed E-state index contributed by atoms with van der Waals surface area (Å²) in [6.45, 7) is 2.00. The first kappa shape index (κ1) is 11.7. The van der Waals surface area contributed by atoms with E-state index in [1.54, 1.807) is 27.2 Å². The third kappa shape index (κ3) is 1.91. The molecule has 0 bridgehead atoms. The molecule has 0 fully saturated rings. The van der Waals surface area contributed by atoms with Gasteiger partial charge in [0.25, 0.3) is 0 Å². The largest absolute Gasteiger partial charge is 0.495 e. The summed E-state index contributed by atoms with van der Waals surface area (Å²) in [5.41, 5.74) is 1.60. The number of fused-ring (bicyclic) bond motifs is 1. The molecule has 0 atom stereocenters. The van der Waals surface area contributed by atoms with Crippen LogP contribution in [0.3, 0.4) is 0 Å². The van der Waals surface area contributed by atoms with E-state index in [1.165, 1.54) is 0 Å². The number of benzene rings is 1. The van der Waals surface area contributed by atoms with Crippen molar-refractivity contribution in [1.29, 1.82) is 0 Å². The van der Waals surface area contributed by atoms with Crippen molar-refractivity contribution < 1.29 is 14.3 Å². The number of nitrogens with zero attached hydrogens (tertiary/aromatic N) is 1. The minimum atomic E-state index is 0.0489. The highest BCUT2D eigenvalue weighted by Gasteiger charge is 2.13. The Balaban J connectivity index is 2.73. The molecule has 1 aromatic carbocycles. The first-order chi connectivity index (χ1) is 8.19. The quantitative estimate of drug-likeness (QED) is 0.761.